The zero-order valence-corrected chi connectivity index (χ0v) is 9.46. The van der Waals surface area contributed by atoms with Gasteiger partial charge in [0.25, 0.3) is 0 Å². The quantitative estimate of drug-likeness (QED) is 0.803. The van der Waals surface area contributed by atoms with Crippen LogP contribution in [0.5, 0.6) is 11.5 Å². The molecule has 1 aromatic carbocycles. The fraction of sp³-hybridized carbons (Fsp3) is 0.500. The van der Waals surface area contributed by atoms with Gasteiger partial charge in [-0.1, -0.05) is 12.1 Å². The lowest BCUT2D eigenvalue weighted by atomic mass is 9.93. The molecule has 1 aromatic rings. The Kier molecular flexibility index (Phi) is 2.57. The number of fused-ring (bicyclic) bond motifs is 1. The van der Waals surface area contributed by atoms with Crippen molar-refractivity contribution in [2.45, 2.75) is 19.4 Å². The Hall–Kier alpha value is -1.22. The van der Waals surface area contributed by atoms with Gasteiger partial charge in [0.15, 0.2) is 11.5 Å². The minimum atomic E-state index is -0.105. The van der Waals surface area contributed by atoms with Gasteiger partial charge in [-0.3, -0.25) is 0 Å². The number of rotatable bonds is 2. The summed E-state index contributed by atoms with van der Waals surface area (Å²) in [4.78, 5) is 0. The van der Waals surface area contributed by atoms with Crippen LogP contribution in [0.25, 0.3) is 0 Å². The Balaban J connectivity index is 2.48. The fourth-order valence-electron chi connectivity index (χ4n) is 1.70. The summed E-state index contributed by atoms with van der Waals surface area (Å²) in [5.41, 5.74) is 1.04. The zero-order valence-electron chi connectivity index (χ0n) is 9.46. The van der Waals surface area contributed by atoms with Crippen molar-refractivity contribution in [1.29, 1.82) is 0 Å². The fourth-order valence-corrected chi connectivity index (χ4v) is 1.70. The molecule has 0 bridgehead atoms. The zero-order chi connectivity index (χ0) is 10.9. The highest BCUT2D eigenvalue weighted by molar-refractivity contribution is 5.50. The normalized spacial score (nSPS) is 15.1. The van der Waals surface area contributed by atoms with Crippen LogP contribution < -0.4 is 14.8 Å². The number of benzene rings is 1. The number of para-hydroxylation sites is 1. The predicted octanol–water partition coefficient (Wildman–Crippen LogP) is 1.91. The average molecular weight is 207 g/mol. The van der Waals surface area contributed by atoms with E-state index in [1.807, 2.05) is 19.2 Å². The van der Waals surface area contributed by atoms with Gasteiger partial charge in [-0.15, -0.1) is 0 Å². The molecule has 0 saturated carbocycles. The van der Waals surface area contributed by atoms with Crippen molar-refractivity contribution >= 4 is 0 Å². The highest BCUT2D eigenvalue weighted by atomic mass is 16.6. The molecule has 0 fully saturated rings. The van der Waals surface area contributed by atoms with Gasteiger partial charge in [-0.25, -0.2) is 0 Å². The van der Waals surface area contributed by atoms with Gasteiger partial charge in [0.2, 0.25) is 0 Å². The van der Waals surface area contributed by atoms with Crippen LogP contribution in [-0.2, 0) is 5.54 Å². The first kappa shape index (κ1) is 10.3. The van der Waals surface area contributed by atoms with E-state index in [0.29, 0.717) is 13.2 Å². The van der Waals surface area contributed by atoms with E-state index < -0.39 is 0 Å². The monoisotopic (exact) mass is 207 g/mol. The number of ether oxygens (including phenoxy) is 2. The van der Waals surface area contributed by atoms with Crippen molar-refractivity contribution in [3.63, 3.8) is 0 Å². The lowest BCUT2D eigenvalue weighted by Crippen LogP contribution is -2.34. The highest BCUT2D eigenvalue weighted by Crippen LogP contribution is 2.38. The molecule has 0 radical (unpaired) electrons. The van der Waals surface area contributed by atoms with Crippen LogP contribution >= 0.6 is 0 Å². The molecule has 0 aromatic heterocycles. The summed E-state index contributed by atoms with van der Waals surface area (Å²) in [6.07, 6.45) is 0. The minimum Gasteiger partial charge on any atom is -0.486 e. The third-order valence-electron chi connectivity index (χ3n) is 2.86. The van der Waals surface area contributed by atoms with E-state index in [9.17, 15) is 0 Å². The summed E-state index contributed by atoms with van der Waals surface area (Å²) in [7, 11) is 1.95. The number of hydrogen-bond acceptors (Lipinski definition) is 3. The second kappa shape index (κ2) is 3.74. The standard InChI is InChI=1S/C12H17NO2/c1-12(2,13-3)9-5-4-6-10-11(9)15-8-7-14-10/h4-6,13H,7-8H2,1-3H3. The van der Waals surface area contributed by atoms with Gasteiger partial charge in [0.05, 0.1) is 0 Å². The third-order valence-corrected chi connectivity index (χ3v) is 2.86. The first-order valence-corrected chi connectivity index (χ1v) is 5.23. The largest absolute Gasteiger partial charge is 0.486 e. The SMILES string of the molecule is CNC(C)(C)c1cccc2c1OCCO2. The van der Waals surface area contributed by atoms with E-state index in [0.717, 1.165) is 17.1 Å². The Labute approximate surface area is 90.4 Å². The van der Waals surface area contributed by atoms with Crippen LogP contribution in [0.2, 0.25) is 0 Å². The van der Waals surface area contributed by atoms with Crippen molar-refractivity contribution in [2.24, 2.45) is 0 Å². The van der Waals surface area contributed by atoms with Gasteiger partial charge in [-0.2, -0.15) is 0 Å². The molecule has 3 heteroatoms. The molecule has 0 spiro atoms. The highest BCUT2D eigenvalue weighted by Gasteiger charge is 2.26. The molecule has 82 valence electrons. The van der Waals surface area contributed by atoms with Crippen molar-refractivity contribution in [2.75, 3.05) is 20.3 Å². The molecule has 0 amide bonds. The van der Waals surface area contributed by atoms with Gasteiger partial charge in [0.1, 0.15) is 13.2 Å². The first-order valence-electron chi connectivity index (χ1n) is 5.23. The molecule has 0 unspecified atom stereocenters. The maximum Gasteiger partial charge on any atom is 0.166 e. The van der Waals surface area contributed by atoms with E-state index in [4.69, 9.17) is 9.47 Å². The molecule has 3 nitrogen and oxygen atoms in total. The van der Waals surface area contributed by atoms with Gasteiger partial charge in [0, 0.05) is 11.1 Å². The van der Waals surface area contributed by atoms with Crippen LogP contribution in [0.1, 0.15) is 19.4 Å². The van der Waals surface area contributed by atoms with Crippen molar-refractivity contribution in [3.8, 4) is 11.5 Å². The molecule has 1 aliphatic heterocycles. The van der Waals surface area contributed by atoms with Crippen LogP contribution in [0.15, 0.2) is 18.2 Å². The van der Waals surface area contributed by atoms with Crippen LogP contribution in [-0.4, -0.2) is 20.3 Å². The van der Waals surface area contributed by atoms with E-state index >= 15 is 0 Å². The topological polar surface area (TPSA) is 30.5 Å². The summed E-state index contributed by atoms with van der Waals surface area (Å²) >= 11 is 0. The summed E-state index contributed by atoms with van der Waals surface area (Å²) in [5.74, 6) is 1.73. The lowest BCUT2D eigenvalue weighted by molar-refractivity contribution is 0.166. The average Bonchev–Trinajstić information content (AvgIpc) is 2.28. The second-order valence-corrected chi connectivity index (χ2v) is 4.20. The lowest BCUT2D eigenvalue weighted by Gasteiger charge is -2.29. The maximum atomic E-state index is 5.68. The van der Waals surface area contributed by atoms with Crippen molar-refractivity contribution < 1.29 is 9.47 Å². The van der Waals surface area contributed by atoms with E-state index in [-0.39, 0.29) is 5.54 Å². The molecule has 0 saturated heterocycles. The van der Waals surface area contributed by atoms with Gasteiger partial charge in [-0.05, 0) is 27.0 Å². The molecular formula is C12H17NO2. The maximum absolute atomic E-state index is 5.68. The molecule has 0 aliphatic carbocycles. The predicted molar refractivity (Wildman–Crippen MR) is 59.5 cm³/mol. The van der Waals surface area contributed by atoms with E-state index in [1.54, 1.807) is 0 Å². The van der Waals surface area contributed by atoms with Crippen molar-refractivity contribution in [3.05, 3.63) is 23.8 Å². The summed E-state index contributed by atoms with van der Waals surface area (Å²) in [6, 6.07) is 6.02. The molecule has 1 aliphatic rings. The van der Waals surface area contributed by atoms with Crippen LogP contribution in [0, 0.1) is 0 Å². The summed E-state index contributed by atoms with van der Waals surface area (Å²) in [6.45, 7) is 5.52. The molecule has 15 heavy (non-hydrogen) atoms. The molecule has 2 rings (SSSR count). The molecular weight excluding hydrogens is 190 g/mol. The van der Waals surface area contributed by atoms with E-state index in [2.05, 4.69) is 25.2 Å². The molecule has 0 atom stereocenters. The second-order valence-electron chi connectivity index (χ2n) is 4.20. The van der Waals surface area contributed by atoms with Crippen LogP contribution in [0.3, 0.4) is 0 Å². The molecule has 1 N–H and O–H groups in total. The number of nitrogens with one attached hydrogen (secondary N) is 1. The minimum absolute atomic E-state index is 0.105. The first-order chi connectivity index (χ1) is 7.15. The van der Waals surface area contributed by atoms with E-state index in [1.165, 1.54) is 0 Å². The van der Waals surface area contributed by atoms with Gasteiger partial charge >= 0.3 is 0 Å². The Morgan fingerprint density at radius 1 is 1.20 bits per heavy atom. The van der Waals surface area contributed by atoms with Crippen molar-refractivity contribution in [1.82, 2.24) is 5.32 Å². The Morgan fingerprint density at radius 2 is 1.93 bits per heavy atom. The number of hydrogen-bond donors (Lipinski definition) is 1. The summed E-state index contributed by atoms with van der Waals surface area (Å²) < 4.78 is 11.2. The summed E-state index contributed by atoms with van der Waals surface area (Å²) in [5, 5.41) is 3.27. The van der Waals surface area contributed by atoms with Crippen LogP contribution in [0.4, 0.5) is 0 Å². The Bertz CT molecular complexity index is 361. The Morgan fingerprint density at radius 3 is 2.67 bits per heavy atom. The third kappa shape index (κ3) is 1.79. The smallest absolute Gasteiger partial charge is 0.166 e. The molecule has 1 heterocycles. The van der Waals surface area contributed by atoms with Gasteiger partial charge < -0.3 is 14.8 Å².